The zero-order chi connectivity index (χ0) is 14.4. The number of hydrogen-bond acceptors (Lipinski definition) is 3. The Morgan fingerprint density at radius 3 is 2.35 bits per heavy atom. The van der Waals surface area contributed by atoms with Crippen LogP contribution in [0.4, 0.5) is 0 Å². The molecule has 1 heterocycles. The van der Waals surface area contributed by atoms with Gasteiger partial charge in [-0.25, -0.2) is 0 Å². The predicted octanol–water partition coefficient (Wildman–Crippen LogP) is 1.02. The van der Waals surface area contributed by atoms with Gasteiger partial charge in [-0.1, -0.05) is 0 Å². The lowest BCUT2D eigenvalue weighted by Gasteiger charge is -2.27. The molecule has 114 valence electrons. The van der Waals surface area contributed by atoms with Crippen LogP contribution in [0.1, 0.15) is 51.4 Å². The van der Waals surface area contributed by atoms with E-state index in [9.17, 15) is 9.59 Å². The van der Waals surface area contributed by atoms with E-state index in [0.29, 0.717) is 13.0 Å². The van der Waals surface area contributed by atoms with Gasteiger partial charge in [0.2, 0.25) is 11.8 Å². The van der Waals surface area contributed by atoms with Crippen LogP contribution in [0.25, 0.3) is 0 Å². The van der Waals surface area contributed by atoms with E-state index in [0.717, 1.165) is 51.6 Å². The Balaban J connectivity index is 1.62. The molecule has 0 unspecified atom stereocenters. The van der Waals surface area contributed by atoms with Crippen molar-refractivity contribution in [2.45, 2.75) is 57.4 Å². The van der Waals surface area contributed by atoms with Gasteiger partial charge < -0.3 is 16.0 Å². The monoisotopic (exact) mass is 281 g/mol. The number of carbonyl (C=O) groups is 2. The summed E-state index contributed by atoms with van der Waals surface area (Å²) >= 11 is 0. The van der Waals surface area contributed by atoms with Crippen molar-refractivity contribution in [3.8, 4) is 0 Å². The molecule has 0 radical (unpaired) electrons. The molecule has 1 saturated heterocycles. The number of piperidine rings is 1. The summed E-state index contributed by atoms with van der Waals surface area (Å²) in [6.07, 6.45) is 7.51. The summed E-state index contributed by atoms with van der Waals surface area (Å²) in [7, 11) is 0. The first-order chi connectivity index (χ1) is 9.66. The quantitative estimate of drug-likeness (QED) is 0.808. The molecule has 3 N–H and O–H groups in total. The lowest BCUT2D eigenvalue weighted by molar-refractivity contribution is -0.132. The van der Waals surface area contributed by atoms with Crippen molar-refractivity contribution in [2.75, 3.05) is 19.6 Å². The first-order valence-corrected chi connectivity index (χ1v) is 7.98. The molecule has 2 amide bonds. The van der Waals surface area contributed by atoms with Gasteiger partial charge in [0.1, 0.15) is 0 Å². The van der Waals surface area contributed by atoms with Crippen LogP contribution < -0.4 is 11.1 Å². The fourth-order valence-corrected chi connectivity index (χ4v) is 3.12. The molecule has 5 nitrogen and oxygen atoms in total. The molecule has 20 heavy (non-hydrogen) atoms. The van der Waals surface area contributed by atoms with Crippen molar-refractivity contribution in [3.63, 3.8) is 0 Å². The number of likely N-dealkylation sites (tertiary alicyclic amines) is 1. The fraction of sp³-hybridized carbons (Fsp3) is 0.867. The molecule has 1 saturated carbocycles. The number of nitrogens with one attached hydrogen (secondary N) is 1. The second-order valence-corrected chi connectivity index (χ2v) is 6.09. The van der Waals surface area contributed by atoms with Crippen molar-refractivity contribution >= 4 is 11.8 Å². The average molecular weight is 281 g/mol. The maximum atomic E-state index is 12.0. The summed E-state index contributed by atoms with van der Waals surface area (Å²) in [5.74, 6) is 0.374. The van der Waals surface area contributed by atoms with E-state index in [1.807, 2.05) is 4.90 Å². The van der Waals surface area contributed by atoms with E-state index in [4.69, 9.17) is 5.73 Å². The second kappa shape index (κ2) is 7.62. The van der Waals surface area contributed by atoms with Crippen LogP contribution in [0.3, 0.4) is 0 Å². The van der Waals surface area contributed by atoms with Gasteiger partial charge in [-0.2, -0.15) is 0 Å². The molecule has 2 fully saturated rings. The van der Waals surface area contributed by atoms with Gasteiger partial charge in [0, 0.05) is 38.0 Å². The molecule has 0 aromatic rings. The normalized spacial score (nSPS) is 27.1. The van der Waals surface area contributed by atoms with Crippen molar-refractivity contribution in [2.24, 2.45) is 11.7 Å². The smallest absolute Gasteiger partial charge is 0.224 e. The molecule has 0 aromatic heterocycles. The van der Waals surface area contributed by atoms with Crippen molar-refractivity contribution in [3.05, 3.63) is 0 Å². The molecule has 0 atom stereocenters. The highest BCUT2D eigenvalue weighted by Gasteiger charge is 2.24. The van der Waals surface area contributed by atoms with Crippen molar-refractivity contribution < 1.29 is 9.59 Å². The summed E-state index contributed by atoms with van der Waals surface area (Å²) < 4.78 is 0. The first-order valence-electron chi connectivity index (χ1n) is 7.98. The van der Waals surface area contributed by atoms with Crippen LogP contribution in [0.15, 0.2) is 0 Å². The number of carbonyl (C=O) groups excluding carboxylic acids is 2. The Kier molecular flexibility index (Phi) is 5.83. The van der Waals surface area contributed by atoms with Crippen LogP contribution in [0.2, 0.25) is 0 Å². The van der Waals surface area contributed by atoms with Crippen LogP contribution in [-0.4, -0.2) is 42.4 Å². The van der Waals surface area contributed by atoms with Gasteiger partial charge in [0.05, 0.1) is 0 Å². The Morgan fingerprint density at radius 2 is 1.70 bits per heavy atom. The summed E-state index contributed by atoms with van der Waals surface area (Å²) in [6.45, 7) is 2.23. The predicted molar refractivity (Wildman–Crippen MR) is 78.0 cm³/mol. The molecule has 1 aliphatic heterocycles. The summed E-state index contributed by atoms with van der Waals surface area (Å²) in [5, 5.41) is 2.91. The molecular weight excluding hydrogens is 254 g/mol. The largest absolute Gasteiger partial charge is 0.355 e. The first kappa shape index (κ1) is 15.3. The average Bonchev–Trinajstić information content (AvgIpc) is 2.48. The highest BCUT2D eigenvalue weighted by Crippen LogP contribution is 2.23. The van der Waals surface area contributed by atoms with E-state index in [1.54, 1.807) is 0 Å². The Labute approximate surface area is 121 Å². The topological polar surface area (TPSA) is 75.4 Å². The molecule has 2 aliphatic rings. The molecule has 2 rings (SSSR count). The Hall–Kier alpha value is -1.10. The third-order valence-corrected chi connectivity index (χ3v) is 4.49. The lowest BCUT2D eigenvalue weighted by Crippen LogP contribution is -2.40. The van der Waals surface area contributed by atoms with E-state index in [2.05, 4.69) is 5.32 Å². The second-order valence-electron chi connectivity index (χ2n) is 6.09. The number of hydrogen-bond donors (Lipinski definition) is 2. The Bertz CT molecular complexity index is 332. The third kappa shape index (κ3) is 4.47. The van der Waals surface area contributed by atoms with Crippen LogP contribution in [-0.2, 0) is 9.59 Å². The van der Waals surface area contributed by atoms with Crippen LogP contribution in [0, 0.1) is 5.92 Å². The highest BCUT2D eigenvalue weighted by atomic mass is 16.2. The zero-order valence-corrected chi connectivity index (χ0v) is 12.3. The van der Waals surface area contributed by atoms with Crippen LogP contribution >= 0.6 is 0 Å². The van der Waals surface area contributed by atoms with Gasteiger partial charge in [0.15, 0.2) is 0 Å². The van der Waals surface area contributed by atoms with Gasteiger partial charge in [-0.15, -0.1) is 0 Å². The standard InChI is InChI=1S/C15H27N3O2/c16-13-6-4-12(5-7-13)15(20)17-9-8-14(19)18-10-2-1-3-11-18/h12-13H,1-11,16H2,(H,17,20). The number of nitrogens with two attached hydrogens (primary N) is 1. The number of rotatable bonds is 4. The maximum absolute atomic E-state index is 12.0. The van der Waals surface area contributed by atoms with Gasteiger partial charge in [-0.05, 0) is 44.9 Å². The van der Waals surface area contributed by atoms with Gasteiger partial charge in [0.25, 0.3) is 0 Å². The molecule has 0 spiro atoms. The molecule has 1 aliphatic carbocycles. The minimum Gasteiger partial charge on any atom is -0.355 e. The van der Waals surface area contributed by atoms with Crippen molar-refractivity contribution in [1.82, 2.24) is 10.2 Å². The Morgan fingerprint density at radius 1 is 1.05 bits per heavy atom. The van der Waals surface area contributed by atoms with E-state index < -0.39 is 0 Å². The maximum Gasteiger partial charge on any atom is 0.224 e. The van der Waals surface area contributed by atoms with Gasteiger partial charge in [-0.3, -0.25) is 9.59 Å². The molecule has 5 heteroatoms. The van der Waals surface area contributed by atoms with Crippen molar-refractivity contribution in [1.29, 1.82) is 0 Å². The summed E-state index contributed by atoms with van der Waals surface area (Å²) in [4.78, 5) is 25.9. The fourth-order valence-electron chi connectivity index (χ4n) is 3.12. The molecule has 0 bridgehead atoms. The van der Waals surface area contributed by atoms with Crippen LogP contribution in [0.5, 0.6) is 0 Å². The summed E-state index contributed by atoms with van der Waals surface area (Å²) in [5.41, 5.74) is 5.84. The number of nitrogens with zero attached hydrogens (tertiary/aromatic N) is 1. The third-order valence-electron chi connectivity index (χ3n) is 4.49. The molecular formula is C15H27N3O2. The highest BCUT2D eigenvalue weighted by molar-refractivity contribution is 5.80. The molecule has 0 aromatic carbocycles. The minimum atomic E-state index is 0.0971. The minimum absolute atomic E-state index is 0.0971. The van der Waals surface area contributed by atoms with Gasteiger partial charge >= 0.3 is 0 Å². The SMILES string of the molecule is NC1CCC(C(=O)NCCC(=O)N2CCCCC2)CC1. The van der Waals surface area contributed by atoms with E-state index in [-0.39, 0.29) is 23.8 Å². The summed E-state index contributed by atoms with van der Waals surface area (Å²) in [6, 6.07) is 0.264. The lowest BCUT2D eigenvalue weighted by atomic mass is 9.86. The number of amides is 2. The van der Waals surface area contributed by atoms with E-state index in [1.165, 1.54) is 6.42 Å². The zero-order valence-electron chi connectivity index (χ0n) is 12.3. The van der Waals surface area contributed by atoms with E-state index >= 15 is 0 Å².